The largest absolute Gasteiger partial charge is 0.351 e. The lowest BCUT2D eigenvalue weighted by molar-refractivity contribution is 0.295. The lowest BCUT2D eigenvalue weighted by Crippen LogP contribution is -2.19. The molecule has 2 saturated carbocycles. The van der Waals surface area contributed by atoms with Crippen molar-refractivity contribution in [1.29, 1.82) is 0 Å². The zero-order valence-corrected chi connectivity index (χ0v) is 18.2. The normalized spacial score (nSPS) is 22.5. The second-order valence-electron chi connectivity index (χ2n) is 8.88. The first-order valence-electron chi connectivity index (χ1n) is 11.2. The quantitative estimate of drug-likeness (QED) is 0.500. The molecule has 7 heteroatoms. The van der Waals surface area contributed by atoms with E-state index in [4.69, 9.17) is 21.6 Å². The maximum absolute atomic E-state index is 6.20. The molecule has 2 heterocycles. The van der Waals surface area contributed by atoms with Gasteiger partial charge >= 0.3 is 0 Å². The van der Waals surface area contributed by atoms with Gasteiger partial charge in [-0.15, -0.1) is 0 Å². The van der Waals surface area contributed by atoms with Gasteiger partial charge < -0.3 is 10.6 Å². The summed E-state index contributed by atoms with van der Waals surface area (Å²) < 4.78 is 2.30. The molecule has 0 bridgehead atoms. The van der Waals surface area contributed by atoms with Crippen LogP contribution in [0.5, 0.6) is 0 Å². The molecule has 2 aliphatic rings. The third kappa shape index (κ3) is 4.10. The van der Waals surface area contributed by atoms with Gasteiger partial charge in [0, 0.05) is 22.8 Å². The Hall–Kier alpha value is -2.34. The van der Waals surface area contributed by atoms with Crippen LogP contribution in [0, 0.1) is 5.92 Å². The average Bonchev–Trinajstić information content (AvgIpc) is 3.36. The first-order valence-corrected chi connectivity index (χ1v) is 11.6. The summed E-state index contributed by atoms with van der Waals surface area (Å²) in [6, 6.07) is 8.64. The highest BCUT2D eigenvalue weighted by Crippen LogP contribution is 2.37. The third-order valence-corrected chi connectivity index (χ3v) is 6.79. The molecule has 6 nitrogen and oxygen atoms in total. The molecule has 0 atom stereocenters. The van der Waals surface area contributed by atoms with Crippen molar-refractivity contribution in [3.05, 3.63) is 35.5 Å². The second-order valence-corrected chi connectivity index (χ2v) is 9.32. The van der Waals surface area contributed by atoms with Crippen molar-refractivity contribution in [2.75, 3.05) is 10.6 Å². The summed E-state index contributed by atoms with van der Waals surface area (Å²) in [6.45, 7) is 2.35. The van der Waals surface area contributed by atoms with Crippen molar-refractivity contribution >= 4 is 40.3 Å². The van der Waals surface area contributed by atoms with Gasteiger partial charge in [-0.2, -0.15) is 4.98 Å². The molecule has 2 fully saturated rings. The van der Waals surface area contributed by atoms with Crippen LogP contribution in [0.4, 0.5) is 17.6 Å². The molecular weight excluding hydrogens is 396 g/mol. The molecule has 3 aromatic rings. The molecule has 0 unspecified atom stereocenters. The zero-order valence-electron chi connectivity index (χ0n) is 17.4. The number of benzene rings is 1. The number of anilines is 3. The summed E-state index contributed by atoms with van der Waals surface area (Å²) in [5.74, 6) is 2.32. The van der Waals surface area contributed by atoms with Crippen molar-refractivity contribution in [2.45, 2.75) is 70.4 Å². The molecular formula is C23H29ClN6. The lowest BCUT2D eigenvalue weighted by Gasteiger charge is -2.28. The van der Waals surface area contributed by atoms with Crippen LogP contribution in [0.25, 0.3) is 11.2 Å². The van der Waals surface area contributed by atoms with Crippen LogP contribution in [0.3, 0.4) is 0 Å². The minimum Gasteiger partial charge on any atom is -0.351 e. The van der Waals surface area contributed by atoms with E-state index in [0.717, 1.165) is 41.6 Å². The molecule has 5 rings (SSSR count). The Morgan fingerprint density at radius 3 is 2.60 bits per heavy atom. The predicted molar refractivity (Wildman–Crippen MR) is 123 cm³/mol. The van der Waals surface area contributed by atoms with E-state index in [1.165, 1.54) is 38.5 Å². The number of hydrogen-bond acceptors (Lipinski definition) is 5. The van der Waals surface area contributed by atoms with Gasteiger partial charge in [-0.05, 0) is 62.6 Å². The van der Waals surface area contributed by atoms with Crippen LogP contribution >= 0.6 is 11.6 Å². The van der Waals surface area contributed by atoms with E-state index in [2.05, 4.69) is 27.1 Å². The standard InChI is InChI=1S/C23H29ClN6/c1-15-9-11-19(12-10-15)30-21-20(14-25-22(29-21)26-17-6-2-3-7-17)28-23(30)27-18-8-4-5-16(24)13-18/h4-5,8,13-15,17,19H,2-3,6-7,9-12H2,1H3,(H,27,28)(H,25,26,29)/t15-,19+. The molecule has 2 aliphatic carbocycles. The van der Waals surface area contributed by atoms with Crippen molar-refractivity contribution in [1.82, 2.24) is 19.5 Å². The van der Waals surface area contributed by atoms with Crippen LogP contribution in [0.2, 0.25) is 5.02 Å². The van der Waals surface area contributed by atoms with Crippen LogP contribution in [0.1, 0.15) is 64.3 Å². The molecule has 158 valence electrons. The minimum atomic E-state index is 0.391. The van der Waals surface area contributed by atoms with Gasteiger partial charge in [0.25, 0.3) is 0 Å². The van der Waals surface area contributed by atoms with Gasteiger partial charge in [0.2, 0.25) is 11.9 Å². The van der Waals surface area contributed by atoms with Crippen LogP contribution < -0.4 is 10.6 Å². The smallest absolute Gasteiger partial charge is 0.224 e. The van der Waals surface area contributed by atoms with Gasteiger partial charge in [-0.1, -0.05) is 37.4 Å². The maximum Gasteiger partial charge on any atom is 0.224 e. The summed E-state index contributed by atoms with van der Waals surface area (Å²) in [7, 11) is 0. The lowest BCUT2D eigenvalue weighted by atomic mass is 9.87. The topological polar surface area (TPSA) is 67.7 Å². The number of halogens is 1. The first-order chi connectivity index (χ1) is 14.7. The highest BCUT2D eigenvalue weighted by Gasteiger charge is 2.26. The number of imidazole rings is 1. The number of fused-ring (bicyclic) bond motifs is 1. The van der Waals surface area contributed by atoms with E-state index in [-0.39, 0.29) is 0 Å². The van der Waals surface area contributed by atoms with E-state index in [0.29, 0.717) is 23.1 Å². The molecule has 0 saturated heterocycles. The molecule has 0 spiro atoms. The molecule has 0 aliphatic heterocycles. The summed E-state index contributed by atoms with van der Waals surface area (Å²) in [4.78, 5) is 14.3. The van der Waals surface area contributed by atoms with Gasteiger partial charge in [-0.3, -0.25) is 4.57 Å². The summed E-state index contributed by atoms with van der Waals surface area (Å²) in [5, 5.41) is 7.72. The Balaban J connectivity index is 1.52. The van der Waals surface area contributed by atoms with Crippen LogP contribution in [-0.2, 0) is 0 Å². The number of aromatic nitrogens is 4. The molecule has 0 amide bonds. The Labute approximate surface area is 182 Å². The monoisotopic (exact) mass is 424 g/mol. The van der Waals surface area contributed by atoms with Crippen molar-refractivity contribution < 1.29 is 0 Å². The van der Waals surface area contributed by atoms with Gasteiger partial charge in [0.15, 0.2) is 5.65 Å². The van der Waals surface area contributed by atoms with E-state index in [1.807, 2.05) is 30.5 Å². The minimum absolute atomic E-state index is 0.391. The molecule has 1 aromatic carbocycles. The van der Waals surface area contributed by atoms with Gasteiger partial charge in [-0.25, -0.2) is 9.97 Å². The van der Waals surface area contributed by atoms with E-state index in [9.17, 15) is 0 Å². The molecule has 2 N–H and O–H groups in total. The SMILES string of the molecule is C[C@H]1CC[C@@H](n2c(Nc3cccc(Cl)c3)nc3cnc(NC4CCCC4)nc32)CC1. The molecule has 0 radical (unpaired) electrons. The fourth-order valence-electron chi connectivity index (χ4n) is 4.84. The zero-order chi connectivity index (χ0) is 20.5. The highest BCUT2D eigenvalue weighted by atomic mass is 35.5. The number of nitrogens with one attached hydrogen (secondary N) is 2. The summed E-state index contributed by atoms with van der Waals surface area (Å²) >= 11 is 6.20. The predicted octanol–water partition coefficient (Wildman–Crippen LogP) is 6.33. The van der Waals surface area contributed by atoms with Crippen molar-refractivity contribution in [3.8, 4) is 0 Å². The highest BCUT2D eigenvalue weighted by molar-refractivity contribution is 6.30. The summed E-state index contributed by atoms with van der Waals surface area (Å²) in [6.07, 6.45) is 11.6. The molecule has 2 aromatic heterocycles. The molecule has 30 heavy (non-hydrogen) atoms. The van der Waals surface area contributed by atoms with Crippen LogP contribution in [0.15, 0.2) is 30.5 Å². The van der Waals surface area contributed by atoms with E-state index in [1.54, 1.807) is 0 Å². The summed E-state index contributed by atoms with van der Waals surface area (Å²) in [5.41, 5.74) is 2.67. The Morgan fingerprint density at radius 1 is 1.03 bits per heavy atom. The fraction of sp³-hybridized carbons (Fsp3) is 0.522. The van der Waals surface area contributed by atoms with E-state index >= 15 is 0 Å². The first kappa shape index (κ1) is 19.6. The Bertz CT molecular complexity index is 1020. The Kier molecular flexibility index (Phi) is 5.50. The second kappa shape index (κ2) is 8.42. The number of rotatable bonds is 5. The maximum atomic E-state index is 6.20. The van der Waals surface area contributed by atoms with Gasteiger partial charge in [0.1, 0.15) is 5.52 Å². The number of hydrogen-bond donors (Lipinski definition) is 2. The average molecular weight is 425 g/mol. The number of nitrogens with zero attached hydrogens (tertiary/aromatic N) is 4. The van der Waals surface area contributed by atoms with Gasteiger partial charge in [0.05, 0.1) is 6.20 Å². The Morgan fingerprint density at radius 2 is 1.83 bits per heavy atom. The fourth-order valence-corrected chi connectivity index (χ4v) is 5.03. The van der Waals surface area contributed by atoms with E-state index < -0.39 is 0 Å². The van der Waals surface area contributed by atoms with Crippen LogP contribution in [-0.4, -0.2) is 25.6 Å². The van der Waals surface area contributed by atoms with Crippen molar-refractivity contribution in [3.63, 3.8) is 0 Å². The third-order valence-electron chi connectivity index (χ3n) is 6.55. The van der Waals surface area contributed by atoms with Crippen molar-refractivity contribution in [2.24, 2.45) is 5.92 Å².